The van der Waals surface area contributed by atoms with Crippen LogP contribution in [-0.4, -0.2) is 32.5 Å². The molecule has 164 valence electrons. The molecule has 0 bridgehead atoms. The van der Waals surface area contributed by atoms with Crippen LogP contribution >= 0.6 is 0 Å². The third-order valence-corrected chi connectivity index (χ3v) is 5.42. The molecule has 1 heterocycles. The summed E-state index contributed by atoms with van der Waals surface area (Å²) in [4.78, 5) is 34.0. The molecule has 0 fully saturated rings. The second-order valence-corrected chi connectivity index (χ2v) is 7.90. The standard InChI is InChI=1S/C24H33NO5/c26-22(14-7-5-3-1-2-4-6-8-15-23(27)28)20-18-25(17-11-16-24(29)30)21-13-10-9-12-19(20)21/h9-10,12-13,18H,1-8,11,14-17H2,(H,27,28)(H,29,30). The number of carbonyl (C=O) groups excluding carboxylic acids is 1. The summed E-state index contributed by atoms with van der Waals surface area (Å²) >= 11 is 0. The third kappa shape index (κ3) is 8.01. The van der Waals surface area contributed by atoms with Gasteiger partial charge in [-0.25, -0.2) is 0 Å². The summed E-state index contributed by atoms with van der Waals surface area (Å²) in [5.41, 5.74) is 1.72. The molecular weight excluding hydrogens is 382 g/mol. The minimum absolute atomic E-state index is 0.120. The van der Waals surface area contributed by atoms with Crippen molar-refractivity contribution in [1.82, 2.24) is 4.57 Å². The smallest absolute Gasteiger partial charge is 0.303 e. The summed E-state index contributed by atoms with van der Waals surface area (Å²) in [6, 6.07) is 7.80. The molecule has 0 radical (unpaired) electrons. The quantitative estimate of drug-likeness (QED) is 0.272. The number of aliphatic carboxylic acids is 2. The van der Waals surface area contributed by atoms with Gasteiger partial charge in [0.15, 0.2) is 5.78 Å². The molecule has 2 aromatic rings. The SMILES string of the molecule is O=C(O)CCCCCCCCCCC(=O)c1cn(CCCC(=O)O)c2ccccc12. The molecule has 0 aliphatic heterocycles. The van der Waals surface area contributed by atoms with Crippen molar-refractivity contribution in [1.29, 1.82) is 0 Å². The number of aromatic nitrogens is 1. The van der Waals surface area contributed by atoms with Crippen molar-refractivity contribution < 1.29 is 24.6 Å². The Balaban J connectivity index is 1.73. The number of hydrogen-bond donors (Lipinski definition) is 2. The molecule has 0 unspecified atom stereocenters. The fraction of sp³-hybridized carbons (Fsp3) is 0.542. The largest absolute Gasteiger partial charge is 0.481 e. The summed E-state index contributed by atoms with van der Waals surface area (Å²) in [7, 11) is 0. The zero-order valence-electron chi connectivity index (χ0n) is 17.6. The zero-order chi connectivity index (χ0) is 21.8. The van der Waals surface area contributed by atoms with Crippen LogP contribution in [0.2, 0.25) is 0 Å². The molecule has 6 nitrogen and oxygen atoms in total. The van der Waals surface area contributed by atoms with Gasteiger partial charge in [-0.2, -0.15) is 0 Å². The molecule has 2 rings (SSSR count). The number of para-hydroxylation sites is 1. The molecule has 0 saturated heterocycles. The van der Waals surface area contributed by atoms with Gasteiger partial charge in [0.25, 0.3) is 0 Å². The molecule has 0 atom stereocenters. The van der Waals surface area contributed by atoms with Gasteiger partial charge in [0.1, 0.15) is 0 Å². The molecule has 6 heteroatoms. The lowest BCUT2D eigenvalue weighted by atomic mass is 10.0. The first-order valence-electron chi connectivity index (χ1n) is 11.0. The molecule has 2 N–H and O–H groups in total. The predicted octanol–water partition coefficient (Wildman–Crippen LogP) is 5.67. The van der Waals surface area contributed by atoms with E-state index in [1.165, 1.54) is 0 Å². The van der Waals surface area contributed by atoms with Gasteiger partial charge in [-0.05, 0) is 25.3 Å². The van der Waals surface area contributed by atoms with E-state index in [0.717, 1.165) is 67.8 Å². The number of carboxylic acids is 2. The van der Waals surface area contributed by atoms with Crippen LogP contribution in [0.3, 0.4) is 0 Å². The second kappa shape index (κ2) is 12.8. The normalized spacial score (nSPS) is 11.1. The highest BCUT2D eigenvalue weighted by atomic mass is 16.4. The lowest BCUT2D eigenvalue weighted by molar-refractivity contribution is -0.138. The van der Waals surface area contributed by atoms with Crippen LogP contribution in [0.5, 0.6) is 0 Å². The van der Waals surface area contributed by atoms with Gasteiger partial charge in [-0.15, -0.1) is 0 Å². The van der Waals surface area contributed by atoms with Crippen molar-refractivity contribution >= 4 is 28.6 Å². The lowest BCUT2D eigenvalue weighted by Gasteiger charge is -2.03. The highest BCUT2D eigenvalue weighted by Gasteiger charge is 2.14. The molecular formula is C24H33NO5. The molecule has 0 saturated carbocycles. The number of hydrogen-bond acceptors (Lipinski definition) is 3. The van der Waals surface area contributed by atoms with E-state index in [-0.39, 0.29) is 18.6 Å². The number of fused-ring (bicyclic) bond motifs is 1. The van der Waals surface area contributed by atoms with Gasteiger partial charge in [-0.1, -0.05) is 56.7 Å². The molecule has 1 aromatic carbocycles. The zero-order valence-corrected chi connectivity index (χ0v) is 17.6. The van der Waals surface area contributed by atoms with E-state index in [0.29, 0.717) is 19.4 Å². The van der Waals surface area contributed by atoms with Gasteiger partial charge in [0.2, 0.25) is 0 Å². The summed E-state index contributed by atoms with van der Waals surface area (Å²) in [6.45, 7) is 0.590. The molecule has 0 aliphatic carbocycles. The van der Waals surface area contributed by atoms with E-state index < -0.39 is 11.9 Å². The number of carbonyl (C=O) groups is 3. The van der Waals surface area contributed by atoms with Gasteiger partial charge in [-0.3, -0.25) is 14.4 Å². The highest BCUT2D eigenvalue weighted by molar-refractivity contribution is 6.08. The first-order valence-corrected chi connectivity index (χ1v) is 11.0. The van der Waals surface area contributed by atoms with Gasteiger partial charge < -0.3 is 14.8 Å². The van der Waals surface area contributed by atoms with Crippen molar-refractivity contribution in [2.24, 2.45) is 0 Å². The Morgan fingerprint density at radius 3 is 1.87 bits per heavy atom. The van der Waals surface area contributed by atoms with E-state index in [1.54, 1.807) is 0 Å². The van der Waals surface area contributed by atoms with Gasteiger partial charge in [0, 0.05) is 48.5 Å². The first kappa shape index (κ1) is 23.6. The van der Waals surface area contributed by atoms with Gasteiger partial charge in [0.05, 0.1) is 0 Å². The fourth-order valence-electron chi connectivity index (χ4n) is 3.81. The van der Waals surface area contributed by atoms with E-state index in [2.05, 4.69) is 0 Å². The Kier molecular flexibility index (Phi) is 10.1. The van der Waals surface area contributed by atoms with E-state index in [4.69, 9.17) is 10.2 Å². The molecule has 30 heavy (non-hydrogen) atoms. The monoisotopic (exact) mass is 415 g/mol. The number of carboxylic acid groups (broad SMARTS) is 2. The fourth-order valence-corrected chi connectivity index (χ4v) is 3.81. The number of nitrogens with zero attached hydrogens (tertiary/aromatic N) is 1. The minimum atomic E-state index is -0.803. The topological polar surface area (TPSA) is 96.6 Å². The second-order valence-electron chi connectivity index (χ2n) is 7.90. The number of Topliss-reactive ketones (excluding diaryl/α,β-unsaturated/α-hetero) is 1. The van der Waals surface area contributed by atoms with Crippen molar-refractivity contribution in [2.45, 2.75) is 83.6 Å². The average molecular weight is 416 g/mol. The Labute approximate surface area is 177 Å². The molecule has 0 amide bonds. The van der Waals surface area contributed by atoms with Crippen LogP contribution in [0, 0.1) is 0 Å². The highest BCUT2D eigenvalue weighted by Crippen LogP contribution is 2.24. The summed E-state index contributed by atoms with van der Waals surface area (Å²) in [5.74, 6) is -1.37. The van der Waals surface area contributed by atoms with E-state index in [9.17, 15) is 14.4 Å². The summed E-state index contributed by atoms with van der Waals surface area (Å²) in [6.07, 6.45) is 11.4. The Morgan fingerprint density at radius 1 is 0.700 bits per heavy atom. The van der Waals surface area contributed by atoms with Crippen LogP contribution in [-0.2, 0) is 16.1 Å². The van der Waals surface area contributed by atoms with Crippen LogP contribution in [0.4, 0.5) is 0 Å². The number of rotatable bonds is 16. The minimum Gasteiger partial charge on any atom is -0.481 e. The molecule has 1 aromatic heterocycles. The third-order valence-electron chi connectivity index (χ3n) is 5.42. The maximum Gasteiger partial charge on any atom is 0.303 e. The number of benzene rings is 1. The van der Waals surface area contributed by atoms with Crippen LogP contribution in [0.15, 0.2) is 30.5 Å². The molecule has 0 spiro atoms. The summed E-state index contributed by atoms with van der Waals surface area (Å²) < 4.78 is 2.00. The van der Waals surface area contributed by atoms with E-state index in [1.807, 2.05) is 35.0 Å². The van der Waals surface area contributed by atoms with Crippen LogP contribution < -0.4 is 0 Å². The van der Waals surface area contributed by atoms with Crippen molar-refractivity contribution in [2.75, 3.05) is 0 Å². The average Bonchev–Trinajstić information content (AvgIpc) is 3.08. The summed E-state index contributed by atoms with van der Waals surface area (Å²) in [5, 5.41) is 18.4. The number of aryl methyl sites for hydroxylation is 1. The number of ketones is 1. The molecule has 0 aliphatic rings. The maximum atomic E-state index is 12.8. The lowest BCUT2D eigenvalue weighted by Crippen LogP contribution is -2.01. The Bertz CT molecular complexity index is 839. The van der Waals surface area contributed by atoms with Crippen molar-refractivity contribution in [3.63, 3.8) is 0 Å². The Hall–Kier alpha value is -2.63. The number of unbranched alkanes of at least 4 members (excludes halogenated alkanes) is 7. The van der Waals surface area contributed by atoms with Crippen molar-refractivity contribution in [3.8, 4) is 0 Å². The Morgan fingerprint density at radius 2 is 1.23 bits per heavy atom. The van der Waals surface area contributed by atoms with E-state index >= 15 is 0 Å². The van der Waals surface area contributed by atoms with Crippen LogP contribution in [0.1, 0.15) is 87.4 Å². The first-order chi connectivity index (χ1) is 14.5. The predicted molar refractivity (Wildman–Crippen MR) is 117 cm³/mol. The van der Waals surface area contributed by atoms with Crippen molar-refractivity contribution in [3.05, 3.63) is 36.0 Å². The maximum absolute atomic E-state index is 12.8. The van der Waals surface area contributed by atoms with Crippen LogP contribution in [0.25, 0.3) is 10.9 Å². The van der Waals surface area contributed by atoms with Gasteiger partial charge >= 0.3 is 11.9 Å².